The molecule has 0 spiro atoms. The van der Waals surface area contributed by atoms with Gasteiger partial charge >= 0.3 is 0 Å². The summed E-state index contributed by atoms with van der Waals surface area (Å²) < 4.78 is 10.3. The molecule has 0 aliphatic carbocycles. The third-order valence-electron chi connectivity index (χ3n) is 2.42. The van der Waals surface area contributed by atoms with Gasteiger partial charge in [0.05, 0.1) is 0 Å². The minimum Gasteiger partial charge on any atom is -0.485 e. The number of rotatable bonds is 4. The third-order valence-corrected chi connectivity index (χ3v) is 2.42. The van der Waals surface area contributed by atoms with Gasteiger partial charge in [-0.3, -0.25) is 0 Å². The van der Waals surface area contributed by atoms with Crippen molar-refractivity contribution in [2.75, 3.05) is 0 Å². The van der Waals surface area contributed by atoms with Crippen LogP contribution in [0.5, 0.6) is 5.75 Å². The van der Waals surface area contributed by atoms with E-state index >= 15 is 0 Å². The van der Waals surface area contributed by atoms with Crippen LogP contribution in [0.15, 0.2) is 29.1 Å². The zero-order chi connectivity index (χ0) is 12.3. The Kier molecular flexibility index (Phi) is 3.39. The van der Waals surface area contributed by atoms with Crippen molar-refractivity contribution in [3.63, 3.8) is 0 Å². The van der Waals surface area contributed by atoms with Crippen LogP contribution >= 0.6 is 0 Å². The number of ether oxygens (including phenoxy) is 1. The summed E-state index contributed by atoms with van der Waals surface area (Å²) in [6, 6.07) is 5.84. The van der Waals surface area contributed by atoms with Crippen molar-refractivity contribution in [1.82, 2.24) is 10.1 Å². The van der Waals surface area contributed by atoms with Crippen molar-refractivity contribution in [3.05, 3.63) is 41.5 Å². The molecule has 1 atom stereocenters. The lowest BCUT2D eigenvalue weighted by Crippen LogP contribution is -2.08. The molecule has 5 heteroatoms. The summed E-state index contributed by atoms with van der Waals surface area (Å²) >= 11 is 0. The van der Waals surface area contributed by atoms with Gasteiger partial charge in [-0.2, -0.15) is 4.98 Å². The molecule has 90 valence electrons. The lowest BCUT2D eigenvalue weighted by molar-refractivity contribution is 0.282. The average molecular weight is 233 g/mol. The predicted molar refractivity (Wildman–Crippen MR) is 62.4 cm³/mol. The number of nitrogens with two attached hydrogens (primary N) is 1. The summed E-state index contributed by atoms with van der Waals surface area (Å²) in [6.45, 7) is 4.23. The molecular formula is C12H15N3O2. The third kappa shape index (κ3) is 2.82. The van der Waals surface area contributed by atoms with E-state index in [4.69, 9.17) is 10.5 Å². The largest absolute Gasteiger partial charge is 0.485 e. The monoisotopic (exact) mass is 233 g/mol. The molecule has 5 nitrogen and oxygen atoms in total. The zero-order valence-electron chi connectivity index (χ0n) is 9.88. The van der Waals surface area contributed by atoms with Gasteiger partial charge in [0, 0.05) is 11.6 Å². The van der Waals surface area contributed by atoms with E-state index in [9.17, 15) is 0 Å². The quantitative estimate of drug-likeness (QED) is 0.873. The van der Waals surface area contributed by atoms with Crippen molar-refractivity contribution in [1.29, 1.82) is 0 Å². The van der Waals surface area contributed by atoms with Gasteiger partial charge in [-0.25, -0.2) is 0 Å². The van der Waals surface area contributed by atoms with E-state index < -0.39 is 0 Å². The van der Waals surface area contributed by atoms with Crippen LogP contribution < -0.4 is 10.5 Å². The standard InChI is InChI=1S/C12H15N3O2/c1-8-3-4-11(10(5-8)9(2)13)16-6-12-14-7-17-15-12/h3-5,7,9H,6,13H2,1-2H3. The molecule has 2 N–H and O–H groups in total. The molecule has 1 unspecified atom stereocenters. The van der Waals surface area contributed by atoms with Crippen LogP contribution in [0.2, 0.25) is 0 Å². The topological polar surface area (TPSA) is 74.2 Å². The van der Waals surface area contributed by atoms with Crippen molar-refractivity contribution in [2.45, 2.75) is 26.5 Å². The Bertz CT molecular complexity index is 481. The Morgan fingerprint density at radius 1 is 1.47 bits per heavy atom. The molecular weight excluding hydrogens is 218 g/mol. The van der Waals surface area contributed by atoms with Crippen LogP contribution in [-0.2, 0) is 6.61 Å². The first kappa shape index (κ1) is 11.6. The minimum atomic E-state index is -0.0739. The normalized spacial score (nSPS) is 12.4. The SMILES string of the molecule is Cc1ccc(OCc2ncon2)c(C(C)N)c1. The predicted octanol–water partition coefficient (Wildman–Crippen LogP) is 1.98. The number of hydrogen-bond acceptors (Lipinski definition) is 5. The highest BCUT2D eigenvalue weighted by Crippen LogP contribution is 2.25. The zero-order valence-corrected chi connectivity index (χ0v) is 9.88. The van der Waals surface area contributed by atoms with E-state index in [2.05, 4.69) is 14.7 Å². The Morgan fingerprint density at radius 3 is 2.94 bits per heavy atom. The van der Waals surface area contributed by atoms with Crippen LogP contribution in [-0.4, -0.2) is 10.1 Å². The molecule has 0 aliphatic rings. The number of aryl methyl sites for hydroxylation is 1. The molecule has 0 saturated heterocycles. The van der Waals surface area contributed by atoms with Crippen molar-refractivity contribution < 1.29 is 9.26 Å². The van der Waals surface area contributed by atoms with Crippen LogP contribution in [0.3, 0.4) is 0 Å². The summed E-state index contributed by atoms with van der Waals surface area (Å²) in [5.74, 6) is 1.27. The lowest BCUT2D eigenvalue weighted by atomic mass is 10.1. The summed E-state index contributed by atoms with van der Waals surface area (Å²) in [5, 5.41) is 3.68. The molecule has 0 saturated carbocycles. The van der Waals surface area contributed by atoms with Gasteiger partial charge in [0.2, 0.25) is 12.2 Å². The summed E-state index contributed by atoms with van der Waals surface area (Å²) in [4.78, 5) is 3.89. The number of aromatic nitrogens is 2. The van der Waals surface area contributed by atoms with Gasteiger partial charge in [-0.05, 0) is 19.9 Å². The van der Waals surface area contributed by atoms with E-state index in [1.165, 1.54) is 6.39 Å². The molecule has 2 rings (SSSR count). The molecule has 0 bridgehead atoms. The van der Waals surface area contributed by atoms with Gasteiger partial charge in [0.15, 0.2) is 6.61 Å². The highest BCUT2D eigenvalue weighted by Gasteiger charge is 2.09. The molecule has 1 aromatic carbocycles. The first-order chi connectivity index (χ1) is 8.16. The van der Waals surface area contributed by atoms with Crippen LogP contribution in [0.4, 0.5) is 0 Å². The fourth-order valence-corrected chi connectivity index (χ4v) is 1.55. The second kappa shape index (κ2) is 4.97. The first-order valence-corrected chi connectivity index (χ1v) is 5.41. The second-order valence-corrected chi connectivity index (χ2v) is 3.97. The lowest BCUT2D eigenvalue weighted by Gasteiger charge is -2.13. The summed E-state index contributed by atoms with van der Waals surface area (Å²) in [6.07, 6.45) is 1.28. The molecule has 2 aromatic rings. The maximum atomic E-state index is 5.90. The Hall–Kier alpha value is -1.88. The molecule has 0 amide bonds. The minimum absolute atomic E-state index is 0.0739. The molecule has 1 heterocycles. The maximum Gasteiger partial charge on any atom is 0.213 e. The highest BCUT2D eigenvalue weighted by atomic mass is 16.5. The second-order valence-electron chi connectivity index (χ2n) is 3.97. The van der Waals surface area contributed by atoms with Gasteiger partial charge in [0.25, 0.3) is 0 Å². The smallest absolute Gasteiger partial charge is 0.213 e. The van der Waals surface area contributed by atoms with Crippen molar-refractivity contribution in [3.8, 4) is 5.75 Å². The number of benzene rings is 1. The summed E-state index contributed by atoms with van der Waals surface area (Å²) in [5.41, 5.74) is 8.04. The Labute approximate surface area is 99.6 Å². The maximum absolute atomic E-state index is 5.90. The molecule has 0 fully saturated rings. The molecule has 17 heavy (non-hydrogen) atoms. The van der Waals surface area contributed by atoms with Crippen molar-refractivity contribution >= 4 is 0 Å². The molecule has 0 aliphatic heterocycles. The van der Waals surface area contributed by atoms with Gasteiger partial charge in [-0.1, -0.05) is 22.9 Å². The Balaban J connectivity index is 2.14. The van der Waals surface area contributed by atoms with E-state index in [1.54, 1.807) is 0 Å². The van der Waals surface area contributed by atoms with Crippen molar-refractivity contribution in [2.24, 2.45) is 5.73 Å². The molecule has 0 radical (unpaired) electrons. The van der Waals surface area contributed by atoms with E-state index in [-0.39, 0.29) is 12.6 Å². The van der Waals surface area contributed by atoms with Crippen LogP contribution in [0.1, 0.15) is 29.9 Å². The Morgan fingerprint density at radius 2 is 2.29 bits per heavy atom. The average Bonchev–Trinajstić information content (AvgIpc) is 2.80. The van der Waals surface area contributed by atoms with Gasteiger partial charge in [-0.15, -0.1) is 0 Å². The first-order valence-electron chi connectivity index (χ1n) is 5.41. The van der Waals surface area contributed by atoms with Crippen LogP contribution in [0.25, 0.3) is 0 Å². The van der Waals surface area contributed by atoms with Crippen LogP contribution in [0, 0.1) is 6.92 Å². The number of hydrogen-bond donors (Lipinski definition) is 1. The fourth-order valence-electron chi connectivity index (χ4n) is 1.55. The summed E-state index contributed by atoms with van der Waals surface area (Å²) in [7, 11) is 0. The highest BCUT2D eigenvalue weighted by molar-refractivity contribution is 5.38. The molecule has 1 aromatic heterocycles. The van der Waals surface area contributed by atoms with E-state index in [0.717, 1.165) is 16.9 Å². The van der Waals surface area contributed by atoms with Gasteiger partial charge < -0.3 is 15.0 Å². The van der Waals surface area contributed by atoms with E-state index in [0.29, 0.717) is 5.82 Å². The van der Waals surface area contributed by atoms with Gasteiger partial charge in [0.1, 0.15) is 5.75 Å². The number of nitrogens with zero attached hydrogens (tertiary/aromatic N) is 2. The fraction of sp³-hybridized carbons (Fsp3) is 0.333. The van der Waals surface area contributed by atoms with E-state index in [1.807, 2.05) is 32.0 Å².